The lowest BCUT2D eigenvalue weighted by Crippen LogP contribution is -2.20. The van der Waals surface area contributed by atoms with E-state index in [1.165, 1.54) is 12.8 Å². The number of carboxylic acid groups (broad SMARTS) is 1. The number of aryl methyl sites for hydroxylation is 1. The van der Waals surface area contributed by atoms with E-state index in [-0.39, 0.29) is 6.42 Å². The molecule has 1 N–H and O–H groups in total. The largest absolute Gasteiger partial charge is 0.481 e. The van der Waals surface area contributed by atoms with E-state index in [1.54, 1.807) is 0 Å². The summed E-state index contributed by atoms with van der Waals surface area (Å²) in [5, 5.41) is 9.76. The molecule has 0 saturated carbocycles. The number of fused-ring (bicyclic) bond motifs is 3. The lowest BCUT2D eigenvalue weighted by molar-refractivity contribution is -0.137. The quantitative estimate of drug-likeness (QED) is 0.588. The van der Waals surface area contributed by atoms with Crippen molar-refractivity contribution in [2.75, 3.05) is 18.0 Å². The van der Waals surface area contributed by atoms with E-state index in [0.717, 1.165) is 78.9 Å². The Labute approximate surface area is 158 Å². The summed E-state index contributed by atoms with van der Waals surface area (Å²) in [6.07, 6.45) is 7.07. The van der Waals surface area contributed by atoms with Crippen LogP contribution in [0.15, 0.2) is 28.7 Å². The van der Waals surface area contributed by atoms with Crippen LogP contribution in [-0.2, 0) is 11.2 Å². The van der Waals surface area contributed by atoms with Crippen molar-refractivity contribution >= 4 is 33.9 Å². The smallest absolute Gasteiger partial charge is 0.303 e. The predicted molar refractivity (Wildman–Crippen MR) is 105 cm³/mol. The van der Waals surface area contributed by atoms with Gasteiger partial charge in [-0.15, -0.1) is 0 Å². The number of rotatable bonds is 8. The zero-order chi connectivity index (χ0) is 18.6. The van der Waals surface area contributed by atoms with E-state index in [0.29, 0.717) is 0 Å². The van der Waals surface area contributed by atoms with Crippen LogP contribution in [0.1, 0.15) is 50.8 Å². The summed E-state index contributed by atoms with van der Waals surface area (Å²) in [6.45, 7) is 2.02. The Morgan fingerprint density at radius 2 is 1.85 bits per heavy atom. The van der Waals surface area contributed by atoms with Gasteiger partial charge in [0, 0.05) is 31.3 Å². The molecule has 0 aliphatic carbocycles. The molecule has 1 aliphatic rings. The van der Waals surface area contributed by atoms with Crippen LogP contribution < -0.4 is 4.90 Å². The second-order valence-electron chi connectivity index (χ2n) is 7.24. The minimum absolute atomic E-state index is 0.253. The van der Waals surface area contributed by atoms with Crippen molar-refractivity contribution in [3.05, 3.63) is 30.1 Å². The second-order valence-corrected chi connectivity index (χ2v) is 7.24. The lowest BCUT2D eigenvalue weighted by Gasteiger charge is -2.17. The lowest BCUT2D eigenvalue weighted by atomic mass is 10.1. The van der Waals surface area contributed by atoms with Gasteiger partial charge in [-0.25, -0.2) is 9.97 Å². The van der Waals surface area contributed by atoms with Crippen LogP contribution in [0.25, 0.3) is 22.1 Å². The summed E-state index contributed by atoms with van der Waals surface area (Å²) >= 11 is 0. The monoisotopic (exact) mass is 367 g/mol. The van der Waals surface area contributed by atoms with Gasteiger partial charge in [0.15, 0.2) is 11.4 Å². The van der Waals surface area contributed by atoms with Crippen molar-refractivity contribution in [2.45, 2.75) is 51.4 Å². The first-order chi connectivity index (χ1) is 13.2. The summed E-state index contributed by atoms with van der Waals surface area (Å²) in [4.78, 5) is 22.6. The van der Waals surface area contributed by atoms with Gasteiger partial charge in [-0.2, -0.15) is 0 Å². The minimum atomic E-state index is -0.717. The Kier molecular flexibility index (Phi) is 5.23. The second kappa shape index (κ2) is 7.94. The van der Waals surface area contributed by atoms with Crippen LogP contribution in [0.5, 0.6) is 0 Å². The molecule has 4 rings (SSSR count). The molecule has 1 fully saturated rings. The molecule has 0 amide bonds. The molecule has 27 heavy (non-hydrogen) atoms. The van der Waals surface area contributed by atoms with Gasteiger partial charge in [0.05, 0.1) is 0 Å². The summed E-state index contributed by atoms with van der Waals surface area (Å²) in [6, 6.07) is 8.02. The summed E-state index contributed by atoms with van der Waals surface area (Å²) in [5.74, 6) is 1.06. The number of aliphatic carboxylic acids is 1. The Bertz CT molecular complexity index is 944. The molecular weight excluding hydrogens is 342 g/mol. The summed E-state index contributed by atoms with van der Waals surface area (Å²) in [7, 11) is 0. The normalized spacial score (nSPS) is 14.4. The van der Waals surface area contributed by atoms with E-state index < -0.39 is 5.97 Å². The first-order valence-electron chi connectivity index (χ1n) is 9.87. The van der Waals surface area contributed by atoms with Gasteiger partial charge in [-0.05, 0) is 37.8 Å². The molecule has 1 aliphatic heterocycles. The highest BCUT2D eigenvalue weighted by Crippen LogP contribution is 2.34. The predicted octanol–water partition coefficient (Wildman–Crippen LogP) is 4.55. The topological polar surface area (TPSA) is 79.5 Å². The van der Waals surface area contributed by atoms with Gasteiger partial charge in [0.25, 0.3) is 0 Å². The van der Waals surface area contributed by atoms with Crippen molar-refractivity contribution < 1.29 is 14.3 Å². The molecule has 142 valence electrons. The molecule has 1 aromatic carbocycles. The maximum absolute atomic E-state index is 10.6. The first kappa shape index (κ1) is 17.8. The molecule has 6 heteroatoms. The number of anilines is 1. The van der Waals surface area contributed by atoms with Crippen molar-refractivity contribution in [3.63, 3.8) is 0 Å². The van der Waals surface area contributed by atoms with Gasteiger partial charge in [0.2, 0.25) is 0 Å². The Balaban J connectivity index is 1.57. The van der Waals surface area contributed by atoms with Crippen molar-refractivity contribution in [3.8, 4) is 0 Å². The van der Waals surface area contributed by atoms with Crippen LogP contribution in [0.3, 0.4) is 0 Å². The fraction of sp³-hybridized carbons (Fsp3) is 0.476. The highest BCUT2D eigenvalue weighted by atomic mass is 16.4. The molecule has 0 bridgehead atoms. The zero-order valence-corrected chi connectivity index (χ0v) is 15.5. The fourth-order valence-corrected chi connectivity index (χ4v) is 3.79. The zero-order valence-electron chi connectivity index (χ0n) is 15.5. The SMILES string of the molecule is O=C(O)CCCCCCc1nc(N2CCCC2)c2oc3ccccc3c2n1. The van der Waals surface area contributed by atoms with E-state index in [2.05, 4.69) is 11.0 Å². The summed E-state index contributed by atoms with van der Waals surface area (Å²) < 4.78 is 6.11. The molecule has 6 nitrogen and oxygen atoms in total. The average Bonchev–Trinajstić information content (AvgIpc) is 3.31. The van der Waals surface area contributed by atoms with Gasteiger partial charge >= 0.3 is 5.97 Å². The van der Waals surface area contributed by atoms with E-state index >= 15 is 0 Å². The van der Waals surface area contributed by atoms with Crippen molar-refractivity contribution in [2.24, 2.45) is 0 Å². The number of carbonyl (C=O) groups is 1. The van der Waals surface area contributed by atoms with Crippen molar-refractivity contribution in [1.29, 1.82) is 0 Å². The third kappa shape index (κ3) is 3.89. The number of unbranched alkanes of at least 4 members (excludes halogenated alkanes) is 3. The molecule has 0 spiro atoms. The maximum atomic E-state index is 10.6. The highest BCUT2D eigenvalue weighted by Gasteiger charge is 2.22. The van der Waals surface area contributed by atoms with Crippen molar-refractivity contribution in [1.82, 2.24) is 9.97 Å². The number of aromatic nitrogens is 2. The number of hydrogen-bond donors (Lipinski definition) is 1. The Morgan fingerprint density at radius 1 is 1.07 bits per heavy atom. The number of nitrogens with zero attached hydrogens (tertiary/aromatic N) is 3. The molecule has 2 aromatic heterocycles. The molecular formula is C21H25N3O3. The highest BCUT2D eigenvalue weighted by molar-refractivity contribution is 6.05. The van der Waals surface area contributed by atoms with Crippen LogP contribution in [0.2, 0.25) is 0 Å². The van der Waals surface area contributed by atoms with Crippen LogP contribution in [0.4, 0.5) is 5.82 Å². The van der Waals surface area contributed by atoms with Gasteiger partial charge < -0.3 is 14.4 Å². The number of furan rings is 1. The molecule has 0 radical (unpaired) electrons. The average molecular weight is 367 g/mol. The molecule has 0 unspecified atom stereocenters. The van der Waals surface area contributed by atoms with Gasteiger partial charge in [-0.3, -0.25) is 4.79 Å². The van der Waals surface area contributed by atoms with Crippen LogP contribution >= 0.6 is 0 Å². The maximum Gasteiger partial charge on any atom is 0.303 e. The molecule has 1 saturated heterocycles. The third-order valence-corrected chi connectivity index (χ3v) is 5.19. The Hall–Kier alpha value is -2.63. The van der Waals surface area contributed by atoms with E-state index in [1.807, 2.05) is 18.2 Å². The van der Waals surface area contributed by atoms with Crippen LogP contribution in [-0.4, -0.2) is 34.1 Å². The first-order valence-corrected chi connectivity index (χ1v) is 9.87. The number of carboxylic acids is 1. The molecule has 0 atom stereocenters. The van der Waals surface area contributed by atoms with Crippen LogP contribution in [0, 0.1) is 0 Å². The van der Waals surface area contributed by atoms with E-state index in [4.69, 9.17) is 19.5 Å². The number of benzene rings is 1. The van der Waals surface area contributed by atoms with Gasteiger partial charge in [0.1, 0.15) is 16.9 Å². The van der Waals surface area contributed by atoms with E-state index in [9.17, 15) is 4.79 Å². The number of para-hydroxylation sites is 1. The van der Waals surface area contributed by atoms with Gasteiger partial charge in [-0.1, -0.05) is 25.0 Å². The Morgan fingerprint density at radius 3 is 2.67 bits per heavy atom. The third-order valence-electron chi connectivity index (χ3n) is 5.19. The molecule has 3 heterocycles. The fourth-order valence-electron chi connectivity index (χ4n) is 3.79. The minimum Gasteiger partial charge on any atom is -0.481 e. The summed E-state index contributed by atoms with van der Waals surface area (Å²) in [5.41, 5.74) is 2.56. The number of hydrogen-bond acceptors (Lipinski definition) is 5. The standard InChI is InChI=1S/C21H25N3O3/c25-18(26)12-4-2-1-3-11-17-22-19-15-9-5-6-10-16(15)27-20(19)21(23-17)24-13-7-8-14-24/h5-6,9-10H,1-4,7-8,11-14H2,(H,25,26). The molecule has 3 aromatic rings.